The third-order valence-corrected chi connectivity index (χ3v) is 2.69. The van der Waals surface area contributed by atoms with Crippen LogP contribution in [0.4, 0.5) is 8.78 Å². The fourth-order valence-corrected chi connectivity index (χ4v) is 1.83. The van der Waals surface area contributed by atoms with Gasteiger partial charge in [0.15, 0.2) is 0 Å². The van der Waals surface area contributed by atoms with Gasteiger partial charge in [-0.05, 0) is 18.6 Å². The SMILES string of the molecule is Cl.N[C@H]1CCN(C(=O)c2c(F)cccc2F)C1. The minimum atomic E-state index is -0.828. The van der Waals surface area contributed by atoms with Crippen molar-refractivity contribution in [2.24, 2.45) is 5.73 Å². The van der Waals surface area contributed by atoms with Crippen LogP contribution in [0.5, 0.6) is 0 Å². The second-order valence-corrected chi connectivity index (χ2v) is 3.90. The Kier molecular flexibility index (Phi) is 4.42. The van der Waals surface area contributed by atoms with Gasteiger partial charge in [-0.1, -0.05) is 6.07 Å². The van der Waals surface area contributed by atoms with Crippen LogP contribution in [0, 0.1) is 11.6 Å². The Morgan fingerprint density at radius 2 is 1.94 bits per heavy atom. The molecule has 1 aromatic carbocycles. The van der Waals surface area contributed by atoms with Crippen LogP contribution in [0.25, 0.3) is 0 Å². The van der Waals surface area contributed by atoms with E-state index in [9.17, 15) is 13.6 Å². The largest absolute Gasteiger partial charge is 0.337 e. The molecule has 17 heavy (non-hydrogen) atoms. The molecule has 0 spiro atoms. The van der Waals surface area contributed by atoms with E-state index in [1.54, 1.807) is 0 Å². The van der Waals surface area contributed by atoms with E-state index >= 15 is 0 Å². The van der Waals surface area contributed by atoms with Gasteiger partial charge in [0.05, 0.1) is 0 Å². The highest BCUT2D eigenvalue weighted by Crippen LogP contribution is 2.17. The minimum absolute atomic E-state index is 0. The molecule has 0 radical (unpaired) electrons. The number of carbonyl (C=O) groups excluding carboxylic acids is 1. The molecular formula is C11H13ClF2N2O. The van der Waals surface area contributed by atoms with Crippen molar-refractivity contribution < 1.29 is 13.6 Å². The number of carbonyl (C=O) groups is 1. The Hall–Kier alpha value is -1.20. The maximum Gasteiger partial charge on any atom is 0.259 e. The summed E-state index contributed by atoms with van der Waals surface area (Å²) in [4.78, 5) is 13.2. The molecule has 2 rings (SSSR count). The highest BCUT2D eigenvalue weighted by Gasteiger charge is 2.28. The summed E-state index contributed by atoms with van der Waals surface area (Å²) in [6, 6.07) is 3.29. The van der Waals surface area contributed by atoms with Gasteiger partial charge in [0, 0.05) is 19.1 Å². The number of hydrogen-bond acceptors (Lipinski definition) is 2. The molecule has 1 amide bonds. The molecule has 0 aliphatic carbocycles. The number of benzene rings is 1. The van der Waals surface area contributed by atoms with Gasteiger partial charge in [0.25, 0.3) is 5.91 Å². The molecule has 1 fully saturated rings. The van der Waals surface area contributed by atoms with Crippen molar-refractivity contribution in [3.05, 3.63) is 35.4 Å². The Morgan fingerprint density at radius 1 is 1.35 bits per heavy atom. The smallest absolute Gasteiger partial charge is 0.259 e. The molecule has 1 aliphatic heterocycles. The van der Waals surface area contributed by atoms with Gasteiger partial charge in [-0.15, -0.1) is 12.4 Å². The standard InChI is InChI=1S/C11H12F2N2O.ClH/c12-8-2-1-3-9(13)10(8)11(16)15-5-4-7(14)6-15;/h1-3,7H,4-6,14H2;1H/t7-;/m0./s1. The molecule has 3 nitrogen and oxygen atoms in total. The first-order valence-corrected chi connectivity index (χ1v) is 5.08. The lowest BCUT2D eigenvalue weighted by Crippen LogP contribution is -2.33. The van der Waals surface area contributed by atoms with E-state index in [-0.39, 0.29) is 18.4 Å². The molecule has 1 saturated heterocycles. The van der Waals surface area contributed by atoms with Crippen LogP contribution in [-0.4, -0.2) is 29.9 Å². The summed E-state index contributed by atoms with van der Waals surface area (Å²) in [5.74, 6) is -2.28. The van der Waals surface area contributed by atoms with Gasteiger partial charge in [-0.25, -0.2) is 8.78 Å². The Morgan fingerprint density at radius 3 is 2.41 bits per heavy atom. The average Bonchev–Trinajstić information content (AvgIpc) is 2.64. The maximum absolute atomic E-state index is 13.3. The summed E-state index contributed by atoms with van der Waals surface area (Å²) >= 11 is 0. The Bertz CT molecular complexity index is 408. The predicted octanol–water partition coefficient (Wildman–Crippen LogP) is 1.56. The molecule has 0 bridgehead atoms. The fraction of sp³-hybridized carbons (Fsp3) is 0.364. The van der Waals surface area contributed by atoms with Crippen molar-refractivity contribution in [2.75, 3.05) is 13.1 Å². The van der Waals surface area contributed by atoms with Crippen molar-refractivity contribution in [3.63, 3.8) is 0 Å². The fourth-order valence-electron chi connectivity index (χ4n) is 1.83. The average molecular weight is 263 g/mol. The summed E-state index contributed by atoms with van der Waals surface area (Å²) in [6.07, 6.45) is 0.668. The number of hydrogen-bond donors (Lipinski definition) is 1. The Labute approximate surface area is 104 Å². The van der Waals surface area contributed by atoms with E-state index in [0.29, 0.717) is 19.5 Å². The molecule has 1 aromatic rings. The molecule has 1 heterocycles. The van der Waals surface area contributed by atoms with E-state index in [0.717, 1.165) is 12.1 Å². The van der Waals surface area contributed by atoms with E-state index in [4.69, 9.17) is 5.73 Å². The van der Waals surface area contributed by atoms with Crippen LogP contribution in [0.1, 0.15) is 16.8 Å². The molecule has 0 aromatic heterocycles. The van der Waals surface area contributed by atoms with Crippen LogP contribution >= 0.6 is 12.4 Å². The van der Waals surface area contributed by atoms with Crippen LogP contribution in [0.15, 0.2) is 18.2 Å². The number of rotatable bonds is 1. The lowest BCUT2D eigenvalue weighted by Gasteiger charge is -2.16. The first kappa shape index (κ1) is 13.9. The maximum atomic E-state index is 13.3. The van der Waals surface area contributed by atoms with Gasteiger partial charge in [-0.2, -0.15) is 0 Å². The van der Waals surface area contributed by atoms with Gasteiger partial charge in [0.2, 0.25) is 0 Å². The first-order valence-electron chi connectivity index (χ1n) is 5.08. The second kappa shape index (κ2) is 5.42. The van der Waals surface area contributed by atoms with E-state index in [1.165, 1.54) is 11.0 Å². The molecule has 0 saturated carbocycles. The van der Waals surface area contributed by atoms with Crippen molar-refractivity contribution >= 4 is 18.3 Å². The van der Waals surface area contributed by atoms with E-state index in [2.05, 4.69) is 0 Å². The zero-order valence-electron chi connectivity index (χ0n) is 9.03. The quantitative estimate of drug-likeness (QED) is 0.835. The lowest BCUT2D eigenvalue weighted by atomic mass is 10.1. The molecule has 6 heteroatoms. The zero-order chi connectivity index (χ0) is 11.7. The molecular weight excluding hydrogens is 250 g/mol. The predicted molar refractivity (Wildman–Crippen MR) is 62.1 cm³/mol. The van der Waals surface area contributed by atoms with Gasteiger partial charge in [0.1, 0.15) is 17.2 Å². The number of nitrogens with two attached hydrogens (primary N) is 1. The topological polar surface area (TPSA) is 46.3 Å². The molecule has 94 valence electrons. The minimum Gasteiger partial charge on any atom is -0.337 e. The van der Waals surface area contributed by atoms with Crippen molar-refractivity contribution in [3.8, 4) is 0 Å². The van der Waals surface area contributed by atoms with Crippen molar-refractivity contribution in [1.29, 1.82) is 0 Å². The normalized spacial score (nSPS) is 19.0. The summed E-state index contributed by atoms with van der Waals surface area (Å²) in [5.41, 5.74) is 5.15. The summed E-state index contributed by atoms with van der Waals surface area (Å²) in [5, 5.41) is 0. The molecule has 2 N–H and O–H groups in total. The highest BCUT2D eigenvalue weighted by atomic mass is 35.5. The molecule has 1 atom stereocenters. The molecule has 0 unspecified atom stereocenters. The van der Waals surface area contributed by atoms with E-state index < -0.39 is 23.1 Å². The Balaban J connectivity index is 0.00000144. The zero-order valence-corrected chi connectivity index (χ0v) is 9.84. The van der Waals surface area contributed by atoms with Gasteiger partial charge in [-0.3, -0.25) is 4.79 Å². The van der Waals surface area contributed by atoms with E-state index in [1.807, 2.05) is 0 Å². The first-order chi connectivity index (χ1) is 7.59. The monoisotopic (exact) mass is 262 g/mol. The van der Waals surface area contributed by atoms with Crippen LogP contribution in [0.2, 0.25) is 0 Å². The van der Waals surface area contributed by atoms with Crippen molar-refractivity contribution in [1.82, 2.24) is 4.90 Å². The summed E-state index contributed by atoms with van der Waals surface area (Å²) in [6.45, 7) is 0.806. The van der Waals surface area contributed by atoms with Crippen LogP contribution < -0.4 is 5.73 Å². The third-order valence-electron chi connectivity index (χ3n) is 2.69. The third kappa shape index (κ3) is 2.73. The number of nitrogens with zero attached hydrogens (tertiary/aromatic N) is 1. The van der Waals surface area contributed by atoms with Gasteiger partial charge >= 0.3 is 0 Å². The molecule has 1 aliphatic rings. The highest BCUT2D eigenvalue weighted by molar-refractivity contribution is 5.95. The number of likely N-dealkylation sites (tertiary alicyclic amines) is 1. The summed E-state index contributed by atoms with van der Waals surface area (Å²) < 4.78 is 26.7. The summed E-state index contributed by atoms with van der Waals surface area (Å²) in [7, 11) is 0. The van der Waals surface area contributed by atoms with Crippen molar-refractivity contribution in [2.45, 2.75) is 12.5 Å². The number of halogens is 3. The van der Waals surface area contributed by atoms with Crippen LogP contribution in [-0.2, 0) is 0 Å². The number of amides is 1. The second-order valence-electron chi connectivity index (χ2n) is 3.90. The van der Waals surface area contributed by atoms with Gasteiger partial charge < -0.3 is 10.6 Å². The lowest BCUT2D eigenvalue weighted by molar-refractivity contribution is 0.0781. The van der Waals surface area contributed by atoms with Crippen LogP contribution in [0.3, 0.4) is 0 Å².